The van der Waals surface area contributed by atoms with Gasteiger partial charge in [-0.25, -0.2) is 4.79 Å². The zero-order chi connectivity index (χ0) is 24.2. The maximum Gasteiger partial charge on any atom is 0.331 e. The number of nitrogens with one attached hydrogen (secondary N) is 1. The van der Waals surface area contributed by atoms with Crippen molar-refractivity contribution in [1.82, 2.24) is 10.2 Å². The third-order valence-electron chi connectivity index (χ3n) is 5.96. The number of nitrogens with zero attached hydrogens (tertiary/aromatic N) is 1. The van der Waals surface area contributed by atoms with Crippen molar-refractivity contribution in [2.24, 2.45) is 0 Å². The molecular formula is C26H27BrN2O5. The first-order chi connectivity index (χ1) is 16.4. The van der Waals surface area contributed by atoms with Crippen LogP contribution < -0.4 is 14.8 Å². The number of ether oxygens (including phenoxy) is 2. The van der Waals surface area contributed by atoms with Gasteiger partial charge >= 0.3 is 6.03 Å². The summed E-state index contributed by atoms with van der Waals surface area (Å²) in [5.74, 6) is -0.226. The fourth-order valence-electron chi connectivity index (χ4n) is 4.33. The van der Waals surface area contributed by atoms with Gasteiger partial charge in [0.05, 0.1) is 6.61 Å². The van der Waals surface area contributed by atoms with Crippen LogP contribution in [0.25, 0.3) is 6.08 Å². The van der Waals surface area contributed by atoms with E-state index in [4.69, 9.17) is 9.47 Å². The molecular weight excluding hydrogens is 500 g/mol. The van der Waals surface area contributed by atoms with Gasteiger partial charge < -0.3 is 9.47 Å². The highest BCUT2D eigenvalue weighted by atomic mass is 79.9. The third kappa shape index (κ3) is 5.17. The van der Waals surface area contributed by atoms with E-state index in [1.165, 1.54) is 11.0 Å². The lowest BCUT2D eigenvalue weighted by Gasteiger charge is -2.31. The van der Waals surface area contributed by atoms with Crippen LogP contribution >= 0.6 is 15.9 Å². The van der Waals surface area contributed by atoms with Gasteiger partial charge in [-0.1, -0.05) is 58.6 Å². The number of aryl methyl sites for hydroxylation is 1. The molecule has 0 radical (unpaired) electrons. The molecule has 0 unspecified atom stereocenters. The number of hydrogen-bond acceptors (Lipinski definition) is 5. The number of carbonyl (C=O) groups is 3. The van der Waals surface area contributed by atoms with Gasteiger partial charge in [-0.05, 0) is 56.0 Å². The number of rotatable bonds is 7. The summed E-state index contributed by atoms with van der Waals surface area (Å²) in [6, 6.07) is 10.7. The molecule has 2 aromatic rings. The van der Waals surface area contributed by atoms with Crippen molar-refractivity contribution in [2.75, 3.05) is 6.61 Å². The monoisotopic (exact) mass is 526 g/mol. The Kier molecular flexibility index (Phi) is 7.36. The van der Waals surface area contributed by atoms with Crippen molar-refractivity contribution in [2.45, 2.75) is 52.2 Å². The van der Waals surface area contributed by atoms with E-state index in [2.05, 4.69) is 27.3 Å². The molecule has 0 aromatic heterocycles. The highest BCUT2D eigenvalue weighted by Gasteiger charge is 2.40. The van der Waals surface area contributed by atoms with E-state index in [-0.39, 0.29) is 11.6 Å². The molecule has 1 aliphatic carbocycles. The van der Waals surface area contributed by atoms with Crippen LogP contribution in [0.15, 0.2) is 46.4 Å². The summed E-state index contributed by atoms with van der Waals surface area (Å²) in [7, 11) is 0. The quantitative estimate of drug-likeness (QED) is 0.398. The molecule has 1 N–H and O–H groups in total. The Hall–Kier alpha value is -3.13. The van der Waals surface area contributed by atoms with Crippen molar-refractivity contribution >= 4 is 39.9 Å². The predicted molar refractivity (Wildman–Crippen MR) is 131 cm³/mol. The van der Waals surface area contributed by atoms with Crippen molar-refractivity contribution in [3.63, 3.8) is 0 Å². The Morgan fingerprint density at radius 2 is 1.82 bits per heavy atom. The van der Waals surface area contributed by atoms with Crippen molar-refractivity contribution in [3.05, 3.63) is 63.1 Å². The smallest absolute Gasteiger partial charge is 0.331 e. The lowest BCUT2D eigenvalue weighted by molar-refractivity contribution is -0.131. The van der Waals surface area contributed by atoms with Gasteiger partial charge in [0.25, 0.3) is 11.8 Å². The average molecular weight is 527 g/mol. The molecule has 2 aliphatic rings. The largest absolute Gasteiger partial charge is 0.490 e. The highest BCUT2D eigenvalue weighted by molar-refractivity contribution is 9.10. The summed E-state index contributed by atoms with van der Waals surface area (Å²) in [5.41, 5.74) is 2.68. The average Bonchev–Trinajstić information content (AvgIpc) is 3.31. The fraction of sp³-hybridized carbons (Fsp3) is 0.346. The minimum absolute atomic E-state index is 0.0805. The molecule has 8 heteroatoms. The number of amides is 4. The normalized spacial score (nSPS) is 17.9. The van der Waals surface area contributed by atoms with E-state index in [1.54, 1.807) is 12.1 Å². The first-order valence-corrected chi connectivity index (χ1v) is 12.2. The Morgan fingerprint density at radius 3 is 2.53 bits per heavy atom. The van der Waals surface area contributed by atoms with Gasteiger partial charge in [0.1, 0.15) is 12.2 Å². The van der Waals surface area contributed by atoms with Crippen molar-refractivity contribution < 1.29 is 23.9 Å². The first-order valence-electron chi connectivity index (χ1n) is 11.4. The molecule has 4 rings (SSSR count). The van der Waals surface area contributed by atoms with Crippen LogP contribution in [0.3, 0.4) is 0 Å². The maximum absolute atomic E-state index is 13.1. The summed E-state index contributed by atoms with van der Waals surface area (Å²) >= 11 is 3.53. The van der Waals surface area contributed by atoms with E-state index in [9.17, 15) is 14.4 Å². The van der Waals surface area contributed by atoms with Crippen LogP contribution in [0.2, 0.25) is 0 Å². The molecule has 4 amide bonds. The van der Waals surface area contributed by atoms with E-state index in [0.717, 1.165) is 36.8 Å². The van der Waals surface area contributed by atoms with E-state index in [0.29, 0.717) is 34.7 Å². The molecule has 0 spiro atoms. The molecule has 2 aromatic carbocycles. The molecule has 178 valence electrons. The van der Waals surface area contributed by atoms with Crippen LogP contribution in [-0.2, 0) is 16.2 Å². The topological polar surface area (TPSA) is 84.9 Å². The van der Waals surface area contributed by atoms with Crippen LogP contribution in [0, 0.1) is 6.92 Å². The zero-order valence-corrected chi connectivity index (χ0v) is 20.8. The van der Waals surface area contributed by atoms with Gasteiger partial charge in [-0.15, -0.1) is 0 Å². The van der Waals surface area contributed by atoms with Gasteiger partial charge in [0.15, 0.2) is 11.5 Å². The fourth-order valence-corrected chi connectivity index (χ4v) is 4.76. The molecule has 0 bridgehead atoms. The molecule has 2 fully saturated rings. The van der Waals surface area contributed by atoms with E-state index < -0.39 is 17.8 Å². The number of imide groups is 2. The number of barbiturate groups is 1. The minimum Gasteiger partial charge on any atom is -0.490 e. The summed E-state index contributed by atoms with van der Waals surface area (Å²) < 4.78 is 12.4. The van der Waals surface area contributed by atoms with E-state index >= 15 is 0 Å². The van der Waals surface area contributed by atoms with Gasteiger partial charge in [-0.3, -0.25) is 19.8 Å². The minimum atomic E-state index is -0.700. The predicted octanol–water partition coefficient (Wildman–Crippen LogP) is 5.14. The number of carbonyl (C=O) groups excluding carboxylic acids is 3. The molecule has 1 saturated carbocycles. The second kappa shape index (κ2) is 10.4. The molecule has 0 atom stereocenters. The van der Waals surface area contributed by atoms with Crippen molar-refractivity contribution in [3.8, 4) is 11.5 Å². The SMILES string of the molecule is CCOc1cc(/C=C2\C(=O)NC(=O)N(C3CCCC3)C2=O)c(Br)cc1OCc1cccc(C)c1. The molecule has 34 heavy (non-hydrogen) atoms. The second-order valence-corrected chi connectivity index (χ2v) is 9.32. The Balaban J connectivity index is 1.62. The molecule has 1 heterocycles. The van der Waals surface area contributed by atoms with Crippen LogP contribution in [-0.4, -0.2) is 35.4 Å². The Morgan fingerprint density at radius 1 is 1.09 bits per heavy atom. The molecule has 1 saturated heterocycles. The number of halogens is 1. The van der Waals surface area contributed by atoms with Crippen LogP contribution in [0.1, 0.15) is 49.3 Å². The highest BCUT2D eigenvalue weighted by Crippen LogP contribution is 2.36. The van der Waals surface area contributed by atoms with Crippen LogP contribution in [0.4, 0.5) is 4.79 Å². The van der Waals surface area contributed by atoms with Gasteiger partial charge in [0.2, 0.25) is 0 Å². The summed E-state index contributed by atoms with van der Waals surface area (Å²) in [4.78, 5) is 39.2. The molecule has 1 aliphatic heterocycles. The third-order valence-corrected chi connectivity index (χ3v) is 6.65. The van der Waals surface area contributed by atoms with Crippen LogP contribution in [0.5, 0.6) is 11.5 Å². The lowest BCUT2D eigenvalue weighted by Crippen LogP contribution is -2.57. The second-order valence-electron chi connectivity index (χ2n) is 8.46. The lowest BCUT2D eigenvalue weighted by atomic mass is 10.0. The summed E-state index contributed by atoms with van der Waals surface area (Å²) in [5, 5.41) is 2.31. The van der Waals surface area contributed by atoms with E-state index in [1.807, 2.05) is 32.0 Å². The summed E-state index contributed by atoms with van der Waals surface area (Å²) in [6.45, 7) is 4.68. The Bertz CT molecular complexity index is 1150. The zero-order valence-electron chi connectivity index (χ0n) is 19.2. The maximum atomic E-state index is 13.1. The Labute approximate surface area is 207 Å². The summed E-state index contributed by atoms with van der Waals surface area (Å²) in [6.07, 6.45) is 4.92. The number of benzene rings is 2. The van der Waals surface area contributed by atoms with Crippen molar-refractivity contribution in [1.29, 1.82) is 0 Å². The van der Waals surface area contributed by atoms with Gasteiger partial charge in [0, 0.05) is 10.5 Å². The molecule has 7 nitrogen and oxygen atoms in total. The number of urea groups is 1. The standard InChI is InChI=1S/C26H27BrN2O5/c1-3-33-22-13-18(21(27)14-23(22)34-15-17-8-6-7-16(2)11-17)12-20-24(30)28-26(32)29(25(20)31)19-9-4-5-10-19/h6-8,11-14,19H,3-5,9-10,15H2,1-2H3,(H,28,30,32)/b20-12+. The first kappa shape index (κ1) is 24.0. The van der Waals surface area contributed by atoms with Gasteiger partial charge in [-0.2, -0.15) is 0 Å². The number of hydrogen-bond donors (Lipinski definition) is 1.